The number of hydrogen-bond acceptors (Lipinski definition) is 5. The van der Waals surface area contributed by atoms with Crippen molar-refractivity contribution in [3.8, 4) is 0 Å². The SMILES string of the molecule is CCN(CC(=O)NCc1cccs1)c1ccc(S(=O)(=O)N2CCCC2)c[nH+]1. The van der Waals surface area contributed by atoms with Gasteiger partial charge in [0.15, 0.2) is 6.54 Å². The van der Waals surface area contributed by atoms with Crippen LogP contribution in [0.2, 0.25) is 0 Å². The molecular weight excluding hydrogens is 384 g/mol. The first-order valence-corrected chi connectivity index (χ1v) is 11.4. The van der Waals surface area contributed by atoms with E-state index in [1.165, 1.54) is 10.5 Å². The van der Waals surface area contributed by atoms with E-state index >= 15 is 0 Å². The summed E-state index contributed by atoms with van der Waals surface area (Å²) in [6.07, 6.45) is 3.33. The highest BCUT2D eigenvalue weighted by atomic mass is 32.2. The number of amides is 1. The summed E-state index contributed by atoms with van der Waals surface area (Å²) in [6, 6.07) is 7.26. The molecule has 1 saturated heterocycles. The minimum atomic E-state index is -3.44. The van der Waals surface area contributed by atoms with Crippen LogP contribution < -0.4 is 15.2 Å². The van der Waals surface area contributed by atoms with Gasteiger partial charge in [0.2, 0.25) is 10.0 Å². The summed E-state index contributed by atoms with van der Waals surface area (Å²) in [5, 5.41) is 4.88. The van der Waals surface area contributed by atoms with Gasteiger partial charge in [0.05, 0.1) is 13.1 Å². The highest BCUT2D eigenvalue weighted by Crippen LogP contribution is 2.20. The van der Waals surface area contributed by atoms with Gasteiger partial charge in [-0.3, -0.25) is 9.69 Å². The molecule has 1 fully saturated rings. The molecule has 0 unspecified atom stereocenters. The number of likely N-dealkylation sites (N-methyl/N-ethyl adjacent to an activating group) is 1. The van der Waals surface area contributed by atoms with Gasteiger partial charge in [0, 0.05) is 24.0 Å². The molecule has 2 aromatic rings. The van der Waals surface area contributed by atoms with Gasteiger partial charge in [-0.05, 0) is 37.3 Å². The summed E-state index contributed by atoms with van der Waals surface area (Å²) in [4.78, 5) is 18.5. The fraction of sp³-hybridized carbons (Fsp3) is 0.444. The highest BCUT2D eigenvalue weighted by molar-refractivity contribution is 7.89. The smallest absolute Gasteiger partial charge is 0.274 e. The van der Waals surface area contributed by atoms with Crippen molar-refractivity contribution in [1.29, 1.82) is 0 Å². The quantitative estimate of drug-likeness (QED) is 0.716. The van der Waals surface area contributed by atoms with Crippen molar-refractivity contribution < 1.29 is 18.2 Å². The molecule has 2 N–H and O–H groups in total. The van der Waals surface area contributed by atoms with Gasteiger partial charge in [0.25, 0.3) is 11.7 Å². The molecule has 3 heterocycles. The maximum Gasteiger partial charge on any atom is 0.274 e. The summed E-state index contributed by atoms with van der Waals surface area (Å²) < 4.78 is 26.7. The second-order valence-corrected chi connectivity index (χ2v) is 9.36. The van der Waals surface area contributed by atoms with Gasteiger partial charge in [0.1, 0.15) is 11.1 Å². The van der Waals surface area contributed by atoms with Gasteiger partial charge in [-0.15, -0.1) is 11.3 Å². The lowest BCUT2D eigenvalue weighted by molar-refractivity contribution is -0.367. The van der Waals surface area contributed by atoms with Crippen molar-refractivity contribution in [3.63, 3.8) is 0 Å². The number of H-pyrrole nitrogens is 1. The average Bonchev–Trinajstić information content (AvgIpc) is 3.38. The molecule has 2 aromatic heterocycles. The molecule has 1 amide bonds. The van der Waals surface area contributed by atoms with E-state index in [4.69, 9.17) is 0 Å². The van der Waals surface area contributed by atoms with E-state index in [1.807, 2.05) is 29.3 Å². The van der Waals surface area contributed by atoms with Crippen LogP contribution in [0.4, 0.5) is 5.82 Å². The fourth-order valence-electron chi connectivity index (χ4n) is 3.03. The van der Waals surface area contributed by atoms with Crippen LogP contribution in [0.15, 0.2) is 40.7 Å². The fourth-order valence-corrected chi connectivity index (χ4v) is 5.16. The van der Waals surface area contributed by atoms with E-state index in [0.717, 1.165) is 17.7 Å². The molecular formula is C18H25N4O3S2+. The van der Waals surface area contributed by atoms with Crippen molar-refractivity contribution >= 4 is 33.1 Å². The van der Waals surface area contributed by atoms with Crippen LogP contribution in [0.1, 0.15) is 24.6 Å². The van der Waals surface area contributed by atoms with Crippen molar-refractivity contribution in [2.75, 3.05) is 31.1 Å². The van der Waals surface area contributed by atoms with Crippen molar-refractivity contribution in [1.82, 2.24) is 9.62 Å². The third-order valence-electron chi connectivity index (χ3n) is 4.57. The van der Waals surface area contributed by atoms with Crippen molar-refractivity contribution in [2.24, 2.45) is 0 Å². The number of carbonyl (C=O) groups is 1. The molecule has 9 heteroatoms. The summed E-state index contributed by atoms with van der Waals surface area (Å²) >= 11 is 1.60. The molecule has 0 spiro atoms. The Kier molecular flexibility index (Phi) is 6.46. The summed E-state index contributed by atoms with van der Waals surface area (Å²) in [6.45, 7) is 4.46. The molecule has 7 nitrogen and oxygen atoms in total. The minimum Gasteiger partial charge on any atom is -0.348 e. The van der Waals surface area contributed by atoms with E-state index in [9.17, 15) is 13.2 Å². The van der Waals surface area contributed by atoms with Gasteiger partial charge < -0.3 is 5.32 Å². The number of sulfonamides is 1. The second kappa shape index (κ2) is 8.81. The molecule has 1 aliphatic heterocycles. The number of carbonyl (C=O) groups excluding carboxylic acids is 1. The summed E-state index contributed by atoms with van der Waals surface area (Å²) in [7, 11) is -3.44. The number of pyridine rings is 1. The van der Waals surface area contributed by atoms with E-state index in [0.29, 0.717) is 32.0 Å². The van der Waals surface area contributed by atoms with E-state index in [2.05, 4.69) is 10.3 Å². The molecule has 0 saturated carbocycles. The Morgan fingerprint density at radius 1 is 1.30 bits per heavy atom. The first-order chi connectivity index (χ1) is 13.0. The van der Waals surface area contributed by atoms with E-state index < -0.39 is 10.0 Å². The van der Waals surface area contributed by atoms with E-state index in [-0.39, 0.29) is 17.3 Å². The molecule has 0 atom stereocenters. The molecule has 1 aliphatic rings. The van der Waals surface area contributed by atoms with Crippen LogP contribution in [0, 0.1) is 0 Å². The highest BCUT2D eigenvalue weighted by Gasteiger charge is 2.28. The number of hydrogen-bond donors (Lipinski definition) is 1. The molecule has 0 aromatic carbocycles. The molecule has 3 rings (SSSR count). The lowest BCUT2D eigenvalue weighted by Crippen LogP contribution is -2.39. The molecule has 0 aliphatic carbocycles. The molecule has 146 valence electrons. The first-order valence-electron chi connectivity index (χ1n) is 9.06. The third-order valence-corrected chi connectivity index (χ3v) is 7.34. The Morgan fingerprint density at radius 3 is 2.67 bits per heavy atom. The Balaban J connectivity index is 1.62. The molecule has 0 bridgehead atoms. The largest absolute Gasteiger partial charge is 0.348 e. The predicted octanol–water partition coefficient (Wildman–Crippen LogP) is 1.49. The minimum absolute atomic E-state index is 0.0765. The van der Waals surface area contributed by atoms with Gasteiger partial charge >= 0.3 is 0 Å². The standard InChI is InChI=1S/C18H24N4O3S2/c1-2-21(14-18(23)20-12-15-6-5-11-26-15)17-8-7-16(13-19-17)27(24,25)22-9-3-4-10-22/h5-8,11,13H,2-4,9-10,12,14H2,1H3,(H,20,23)/p+1. The number of aromatic nitrogens is 1. The maximum absolute atomic E-state index is 12.6. The number of thiophene rings is 1. The van der Waals surface area contributed by atoms with Crippen LogP contribution >= 0.6 is 11.3 Å². The number of rotatable bonds is 8. The zero-order valence-corrected chi connectivity index (χ0v) is 17.0. The lowest BCUT2D eigenvalue weighted by Gasteiger charge is -2.16. The average molecular weight is 410 g/mol. The monoisotopic (exact) mass is 409 g/mol. The maximum atomic E-state index is 12.6. The Labute approximate surface area is 164 Å². The van der Waals surface area contributed by atoms with Crippen LogP contribution in [0.25, 0.3) is 0 Å². The summed E-state index contributed by atoms with van der Waals surface area (Å²) in [5.74, 6) is 0.636. The Bertz CT molecular complexity index is 845. The third kappa shape index (κ3) is 4.85. The van der Waals surface area contributed by atoms with Crippen LogP contribution in [0.3, 0.4) is 0 Å². The number of aromatic amines is 1. The van der Waals surface area contributed by atoms with Gasteiger partial charge in [-0.2, -0.15) is 4.31 Å². The zero-order chi connectivity index (χ0) is 19.3. The second-order valence-electron chi connectivity index (χ2n) is 6.39. The van der Waals surface area contributed by atoms with Crippen LogP contribution in [-0.4, -0.2) is 44.8 Å². The predicted molar refractivity (Wildman–Crippen MR) is 105 cm³/mol. The zero-order valence-electron chi connectivity index (χ0n) is 15.3. The van der Waals surface area contributed by atoms with Crippen LogP contribution in [0.5, 0.6) is 0 Å². The number of nitrogens with zero attached hydrogens (tertiary/aromatic N) is 2. The van der Waals surface area contributed by atoms with Crippen molar-refractivity contribution in [2.45, 2.75) is 31.2 Å². The first kappa shape index (κ1) is 19.8. The van der Waals surface area contributed by atoms with Crippen LogP contribution in [-0.2, 0) is 21.4 Å². The Hall–Kier alpha value is -1.97. The topological polar surface area (TPSA) is 83.9 Å². The van der Waals surface area contributed by atoms with Crippen molar-refractivity contribution in [3.05, 3.63) is 40.7 Å². The Morgan fingerprint density at radius 2 is 2.07 bits per heavy atom. The van der Waals surface area contributed by atoms with E-state index in [1.54, 1.807) is 23.5 Å². The number of anilines is 1. The van der Waals surface area contributed by atoms with Gasteiger partial charge in [-0.1, -0.05) is 6.07 Å². The normalized spacial score (nSPS) is 15.0. The van der Waals surface area contributed by atoms with Gasteiger partial charge in [-0.25, -0.2) is 13.4 Å². The number of nitrogens with one attached hydrogen (secondary N) is 2. The summed E-state index contributed by atoms with van der Waals surface area (Å²) in [5.41, 5.74) is 0. The molecule has 27 heavy (non-hydrogen) atoms. The lowest BCUT2D eigenvalue weighted by atomic mass is 10.4. The molecule has 0 radical (unpaired) electrons.